The third kappa shape index (κ3) is 6.10. The van der Waals surface area contributed by atoms with Crippen molar-refractivity contribution < 1.29 is 0 Å². The van der Waals surface area contributed by atoms with Crippen LogP contribution in [0.15, 0.2) is 24.3 Å². The predicted octanol–water partition coefficient (Wildman–Crippen LogP) is 7.52. The minimum absolute atomic E-state index is 0.489. The Labute approximate surface area is 147 Å². The Kier molecular flexibility index (Phi) is 7.13. The first-order chi connectivity index (χ1) is 10.4. The van der Waals surface area contributed by atoms with Crippen molar-refractivity contribution in [2.24, 2.45) is 11.8 Å². The molecule has 0 spiro atoms. The van der Waals surface area contributed by atoms with Gasteiger partial charge in [-0.2, -0.15) is 0 Å². The highest BCUT2D eigenvalue weighted by molar-refractivity contribution is 6.80. The number of rotatable bonds is 7. The van der Waals surface area contributed by atoms with Crippen molar-refractivity contribution in [3.05, 3.63) is 35.4 Å². The van der Waals surface area contributed by atoms with Crippen molar-refractivity contribution in [2.45, 2.75) is 91.4 Å². The molecular weight excluding hydrogens is 292 g/mol. The SMILES string of the molecule is CC(C)CC(c1cccc(CC[Si](C)(C)C(C)(C)C)c1)C(C)C. The van der Waals surface area contributed by atoms with Gasteiger partial charge in [-0.1, -0.05) is 91.9 Å². The molecule has 132 valence electrons. The Balaban J connectivity index is 2.88. The van der Waals surface area contributed by atoms with Crippen molar-refractivity contribution in [3.63, 3.8) is 0 Å². The lowest BCUT2D eigenvalue weighted by atomic mass is 9.81. The number of aryl methyl sites for hydroxylation is 1. The van der Waals surface area contributed by atoms with Crippen LogP contribution in [0.3, 0.4) is 0 Å². The molecule has 1 unspecified atom stereocenters. The topological polar surface area (TPSA) is 0 Å². The van der Waals surface area contributed by atoms with Crippen LogP contribution in [0.5, 0.6) is 0 Å². The Bertz CT molecular complexity index is 477. The summed E-state index contributed by atoms with van der Waals surface area (Å²) in [5.41, 5.74) is 3.10. The van der Waals surface area contributed by atoms with E-state index < -0.39 is 8.07 Å². The number of benzene rings is 1. The Morgan fingerprint density at radius 2 is 1.61 bits per heavy atom. The molecule has 0 saturated carbocycles. The van der Waals surface area contributed by atoms with Crippen molar-refractivity contribution >= 4 is 8.07 Å². The van der Waals surface area contributed by atoms with Gasteiger partial charge in [0.2, 0.25) is 0 Å². The lowest BCUT2D eigenvalue weighted by Crippen LogP contribution is -2.37. The first-order valence-electron chi connectivity index (χ1n) is 9.53. The van der Waals surface area contributed by atoms with Gasteiger partial charge in [-0.05, 0) is 46.8 Å². The second-order valence-corrected chi connectivity index (χ2v) is 15.6. The van der Waals surface area contributed by atoms with Gasteiger partial charge >= 0.3 is 0 Å². The second kappa shape index (κ2) is 8.01. The molecule has 0 aromatic heterocycles. The molecule has 0 fully saturated rings. The van der Waals surface area contributed by atoms with Gasteiger partial charge < -0.3 is 0 Å². The summed E-state index contributed by atoms with van der Waals surface area (Å²) in [5, 5.41) is 0.489. The predicted molar refractivity (Wildman–Crippen MR) is 109 cm³/mol. The van der Waals surface area contributed by atoms with Crippen molar-refractivity contribution in [1.82, 2.24) is 0 Å². The van der Waals surface area contributed by atoms with E-state index in [2.05, 4.69) is 85.8 Å². The fourth-order valence-electron chi connectivity index (χ4n) is 3.11. The van der Waals surface area contributed by atoms with Gasteiger partial charge in [-0.15, -0.1) is 0 Å². The van der Waals surface area contributed by atoms with Gasteiger partial charge in [0, 0.05) is 0 Å². The van der Waals surface area contributed by atoms with Gasteiger partial charge in [0.25, 0.3) is 0 Å². The molecule has 1 heteroatoms. The third-order valence-corrected chi connectivity index (χ3v) is 11.5. The van der Waals surface area contributed by atoms with Crippen LogP contribution in [-0.4, -0.2) is 8.07 Å². The summed E-state index contributed by atoms with van der Waals surface area (Å²) in [6.07, 6.45) is 2.54. The van der Waals surface area contributed by atoms with E-state index >= 15 is 0 Å². The van der Waals surface area contributed by atoms with Crippen LogP contribution in [0, 0.1) is 11.8 Å². The number of hydrogen-bond acceptors (Lipinski definition) is 0. The molecule has 0 nitrogen and oxygen atoms in total. The smallest absolute Gasteiger partial charge is 0.0530 e. The standard InChI is InChI=1S/C22H40Si/c1-17(2)15-21(18(3)4)20-12-10-11-19(16-20)13-14-23(8,9)22(5,6)7/h10-12,16-18,21H,13-15H2,1-9H3. The van der Waals surface area contributed by atoms with Crippen LogP contribution in [0.25, 0.3) is 0 Å². The monoisotopic (exact) mass is 332 g/mol. The maximum absolute atomic E-state index is 2.55. The maximum Gasteiger partial charge on any atom is 0.0530 e. The summed E-state index contributed by atoms with van der Waals surface area (Å²) >= 11 is 0. The van der Waals surface area contributed by atoms with E-state index in [9.17, 15) is 0 Å². The molecule has 1 atom stereocenters. The molecule has 0 amide bonds. The average Bonchev–Trinajstić information content (AvgIpc) is 2.41. The van der Waals surface area contributed by atoms with Crippen LogP contribution in [0.1, 0.15) is 71.9 Å². The largest absolute Gasteiger partial charge is 0.0690 e. The molecular formula is C22H40Si. The van der Waals surface area contributed by atoms with Gasteiger partial charge in [-0.25, -0.2) is 0 Å². The molecule has 0 radical (unpaired) electrons. The summed E-state index contributed by atoms with van der Waals surface area (Å²) in [6, 6.07) is 10.9. The molecule has 0 aliphatic rings. The van der Waals surface area contributed by atoms with Gasteiger partial charge in [0.1, 0.15) is 0 Å². The van der Waals surface area contributed by atoms with E-state index in [0.717, 1.165) is 5.92 Å². The first-order valence-corrected chi connectivity index (χ1v) is 12.7. The minimum atomic E-state index is -1.18. The number of hydrogen-bond donors (Lipinski definition) is 0. The molecule has 0 saturated heterocycles. The normalized spacial score (nSPS) is 14.6. The van der Waals surface area contributed by atoms with Crippen molar-refractivity contribution in [3.8, 4) is 0 Å². The zero-order valence-electron chi connectivity index (χ0n) is 17.2. The van der Waals surface area contributed by atoms with E-state index in [1.54, 1.807) is 11.1 Å². The van der Waals surface area contributed by atoms with Crippen molar-refractivity contribution in [2.75, 3.05) is 0 Å². The molecule has 0 N–H and O–H groups in total. The molecule has 0 aliphatic heterocycles. The molecule has 0 bridgehead atoms. The van der Waals surface area contributed by atoms with E-state index in [4.69, 9.17) is 0 Å². The Morgan fingerprint density at radius 1 is 1.00 bits per heavy atom. The zero-order valence-corrected chi connectivity index (χ0v) is 18.2. The van der Waals surface area contributed by atoms with Gasteiger partial charge in [0.05, 0.1) is 8.07 Å². The third-order valence-electron chi connectivity index (χ3n) is 5.98. The zero-order chi connectivity index (χ0) is 17.8. The highest BCUT2D eigenvalue weighted by Crippen LogP contribution is 2.39. The summed E-state index contributed by atoms with van der Waals surface area (Å²) in [4.78, 5) is 0. The molecule has 0 aliphatic carbocycles. The van der Waals surface area contributed by atoms with E-state index in [1.165, 1.54) is 18.9 Å². The summed E-state index contributed by atoms with van der Waals surface area (Å²) < 4.78 is 0. The van der Waals surface area contributed by atoms with E-state index in [1.807, 2.05) is 0 Å². The average molecular weight is 333 g/mol. The van der Waals surface area contributed by atoms with Gasteiger partial charge in [-0.3, -0.25) is 0 Å². The lowest BCUT2D eigenvalue weighted by Gasteiger charge is -2.37. The quantitative estimate of drug-likeness (QED) is 0.453. The molecule has 1 aromatic carbocycles. The summed E-state index contributed by atoms with van der Waals surface area (Å²) in [6.45, 7) is 21.8. The summed E-state index contributed by atoms with van der Waals surface area (Å²) in [5.74, 6) is 2.18. The Morgan fingerprint density at radius 3 is 2.09 bits per heavy atom. The van der Waals surface area contributed by atoms with E-state index in [0.29, 0.717) is 16.9 Å². The fourth-order valence-corrected chi connectivity index (χ4v) is 4.78. The molecule has 23 heavy (non-hydrogen) atoms. The van der Waals surface area contributed by atoms with Crippen molar-refractivity contribution in [1.29, 1.82) is 0 Å². The van der Waals surface area contributed by atoms with Crippen LogP contribution in [-0.2, 0) is 6.42 Å². The van der Waals surface area contributed by atoms with Crippen LogP contribution in [0.4, 0.5) is 0 Å². The highest BCUT2D eigenvalue weighted by atomic mass is 28.3. The van der Waals surface area contributed by atoms with Gasteiger partial charge in [0.15, 0.2) is 0 Å². The van der Waals surface area contributed by atoms with E-state index in [-0.39, 0.29) is 0 Å². The Hall–Kier alpha value is -0.563. The first kappa shape index (κ1) is 20.5. The second-order valence-electron chi connectivity index (χ2n) is 9.86. The van der Waals surface area contributed by atoms with Crippen LogP contribution < -0.4 is 0 Å². The molecule has 1 rings (SSSR count). The minimum Gasteiger partial charge on any atom is -0.0690 e. The molecule has 0 heterocycles. The highest BCUT2D eigenvalue weighted by Gasteiger charge is 2.34. The van der Waals surface area contributed by atoms with Crippen LogP contribution >= 0.6 is 0 Å². The molecule has 1 aromatic rings. The van der Waals surface area contributed by atoms with Crippen LogP contribution in [0.2, 0.25) is 24.2 Å². The maximum atomic E-state index is 2.55. The fraction of sp³-hybridized carbons (Fsp3) is 0.727. The summed E-state index contributed by atoms with van der Waals surface area (Å²) in [7, 11) is -1.18. The lowest BCUT2D eigenvalue weighted by molar-refractivity contribution is 0.407.